The standard InChI is InChI=1S/C8H11NO3/c1-6-5-7(12-9-6)3-4-8(10)11-2/h5H,3-4H2,1-2H3. The van der Waals surface area contributed by atoms with E-state index >= 15 is 0 Å². The highest BCUT2D eigenvalue weighted by Crippen LogP contribution is 2.05. The van der Waals surface area contributed by atoms with E-state index in [9.17, 15) is 4.79 Å². The van der Waals surface area contributed by atoms with Crippen LogP contribution in [0.4, 0.5) is 0 Å². The van der Waals surface area contributed by atoms with Gasteiger partial charge in [0.25, 0.3) is 0 Å². The van der Waals surface area contributed by atoms with Crippen molar-refractivity contribution in [3.63, 3.8) is 0 Å². The molecule has 0 aliphatic rings. The lowest BCUT2D eigenvalue weighted by molar-refractivity contribution is -0.140. The fourth-order valence-electron chi connectivity index (χ4n) is 0.861. The van der Waals surface area contributed by atoms with Crippen molar-refractivity contribution >= 4 is 5.97 Å². The van der Waals surface area contributed by atoms with Gasteiger partial charge in [-0.1, -0.05) is 5.16 Å². The minimum Gasteiger partial charge on any atom is -0.469 e. The highest BCUT2D eigenvalue weighted by Gasteiger charge is 2.04. The number of methoxy groups -OCH3 is 1. The van der Waals surface area contributed by atoms with Crippen molar-refractivity contribution in [2.75, 3.05) is 7.11 Å². The zero-order valence-corrected chi connectivity index (χ0v) is 7.16. The molecule has 0 saturated carbocycles. The van der Waals surface area contributed by atoms with Gasteiger partial charge in [0.15, 0.2) is 0 Å². The molecule has 1 aromatic rings. The Kier molecular flexibility index (Phi) is 2.85. The Bertz CT molecular complexity index is 267. The molecule has 0 aliphatic carbocycles. The lowest BCUT2D eigenvalue weighted by atomic mass is 10.2. The number of aryl methyl sites for hydroxylation is 2. The smallest absolute Gasteiger partial charge is 0.305 e. The Morgan fingerprint density at radius 3 is 3.00 bits per heavy atom. The summed E-state index contributed by atoms with van der Waals surface area (Å²) in [5.74, 6) is 0.488. The van der Waals surface area contributed by atoms with E-state index in [1.165, 1.54) is 7.11 Å². The molecule has 0 N–H and O–H groups in total. The lowest BCUT2D eigenvalue weighted by Crippen LogP contribution is -2.01. The number of hydrogen-bond acceptors (Lipinski definition) is 4. The molecule has 1 rings (SSSR count). The van der Waals surface area contributed by atoms with Gasteiger partial charge < -0.3 is 9.26 Å². The molecule has 0 fully saturated rings. The monoisotopic (exact) mass is 169 g/mol. The highest BCUT2D eigenvalue weighted by atomic mass is 16.5. The first-order chi connectivity index (χ1) is 5.72. The minimum atomic E-state index is -0.232. The van der Waals surface area contributed by atoms with Crippen LogP contribution in [0, 0.1) is 6.92 Å². The molecule has 0 aromatic carbocycles. The summed E-state index contributed by atoms with van der Waals surface area (Å²) in [5.41, 5.74) is 0.829. The van der Waals surface area contributed by atoms with Crippen LogP contribution in [0.3, 0.4) is 0 Å². The van der Waals surface area contributed by atoms with Crippen LogP contribution in [0.1, 0.15) is 17.9 Å². The van der Waals surface area contributed by atoms with E-state index in [1.807, 2.05) is 13.0 Å². The molecule has 0 amide bonds. The van der Waals surface area contributed by atoms with Crippen LogP contribution in [0.5, 0.6) is 0 Å². The maximum atomic E-state index is 10.7. The summed E-state index contributed by atoms with van der Waals surface area (Å²) >= 11 is 0. The summed E-state index contributed by atoms with van der Waals surface area (Å²) in [4.78, 5) is 10.7. The Morgan fingerprint density at radius 1 is 1.75 bits per heavy atom. The fraction of sp³-hybridized carbons (Fsp3) is 0.500. The number of aromatic nitrogens is 1. The van der Waals surface area contributed by atoms with Gasteiger partial charge in [-0.2, -0.15) is 0 Å². The van der Waals surface area contributed by atoms with Gasteiger partial charge in [-0.05, 0) is 6.92 Å². The molecule has 66 valence electrons. The zero-order chi connectivity index (χ0) is 8.97. The van der Waals surface area contributed by atoms with Crippen LogP contribution < -0.4 is 0 Å². The predicted octanol–water partition coefficient (Wildman–Crippen LogP) is 1.09. The van der Waals surface area contributed by atoms with Crippen LogP contribution in [-0.4, -0.2) is 18.2 Å². The van der Waals surface area contributed by atoms with E-state index in [4.69, 9.17) is 4.52 Å². The van der Waals surface area contributed by atoms with Crippen LogP contribution in [0.15, 0.2) is 10.6 Å². The summed E-state index contributed by atoms with van der Waals surface area (Å²) < 4.78 is 9.38. The largest absolute Gasteiger partial charge is 0.469 e. The van der Waals surface area contributed by atoms with Crippen LogP contribution in [0.2, 0.25) is 0 Å². The quantitative estimate of drug-likeness (QED) is 0.635. The molecule has 12 heavy (non-hydrogen) atoms. The molecule has 0 aliphatic heterocycles. The topological polar surface area (TPSA) is 52.3 Å². The molecular formula is C8H11NO3. The molecule has 0 radical (unpaired) electrons. The minimum absolute atomic E-state index is 0.232. The molecule has 0 saturated heterocycles. The third-order valence-corrected chi connectivity index (χ3v) is 1.48. The molecule has 1 heterocycles. The Morgan fingerprint density at radius 2 is 2.50 bits per heavy atom. The zero-order valence-electron chi connectivity index (χ0n) is 7.16. The normalized spacial score (nSPS) is 9.83. The second-order valence-corrected chi connectivity index (χ2v) is 2.51. The molecule has 4 heteroatoms. The second kappa shape index (κ2) is 3.90. The van der Waals surface area contributed by atoms with Crippen molar-refractivity contribution in [3.8, 4) is 0 Å². The molecule has 0 atom stereocenters. The molecular weight excluding hydrogens is 158 g/mol. The SMILES string of the molecule is COC(=O)CCc1cc(C)no1. The van der Waals surface area contributed by atoms with Crippen molar-refractivity contribution in [1.29, 1.82) is 0 Å². The average molecular weight is 169 g/mol. The number of esters is 1. The maximum absolute atomic E-state index is 10.7. The number of nitrogens with zero attached hydrogens (tertiary/aromatic N) is 1. The van der Waals surface area contributed by atoms with Gasteiger partial charge in [-0.25, -0.2) is 0 Å². The number of hydrogen-bond donors (Lipinski definition) is 0. The van der Waals surface area contributed by atoms with Gasteiger partial charge in [0.05, 0.1) is 19.2 Å². The van der Waals surface area contributed by atoms with Crippen molar-refractivity contribution in [2.45, 2.75) is 19.8 Å². The number of rotatable bonds is 3. The highest BCUT2D eigenvalue weighted by molar-refractivity contribution is 5.69. The predicted molar refractivity (Wildman–Crippen MR) is 41.6 cm³/mol. The van der Waals surface area contributed by atoms with Gasteiger partial charge >= 0.3 is 5.97 Å². The summed E-state index contributed by atoms with van der Waals surface area (Å²) in [5, 5.41) is 3.69. The van der Waals surface area contributed by atoms with Gasteiger partial charge in [0, 0.05) is 12.5 Å². The van der Waals surface area contributed by atoms with Gasteiger partial charge in [-0.3, -0.25) is 4.79 Å². The van der Waals surface area contributed by atoms with Gasteiger partial charge in [0.2, 0.25) is 0 Å². The van der Waals surface area contributed by atoms with Crippen LogP contribution >= 0.6 is 0 Å². The van der Waals surface area contributed by atoms with E-state index in [-0.39, 0.29) is 5.97 Å². The molecule has 0 bridgehead atoms. The Labute approximate surface area is 70.5 Å². The average Bonchev–Trinajstić information content (AvgIpc) is 2.47. The van der Waals surface area contributed by atoms with Crippen LogP contribution in [0.25, 0.3) is 0 Å². The van der Waals surface area contributed by atoms with Crippen molar-refractivity contribution in [3.05, 3.63) is 17.5 Å². The Hall–Kier alpha value is -1.32. The molecule has 0 spiro atoms. The van der Waals surface area contributed by atoms with E-state index < -0.39 is 0 Å². The first kappa shape index (κ1) is 8.77. The number of ether oxygens (including phenoxy) is 1. The third kappa shape index (κ3) is 2.38. The molecule has 0 unspecified atom stereocenters. The summed E-state index contributed by atoms with van der Waals surface area (Å²) in [6.07, 6.45) is 0.888. The summed E-state index contributed by atoms with van der Waals surface area (Å²) in [6.45, 7) is 1.84. The van der Waals surface area contributed by atoms with E-state index in [2.05, 4.69) is 9.89 Å². The summed E-state index contributed by atoms with van der Waals surface area (Å²) in [6, 6.07) is 1.81. The molecule has 1 aromatic heterocycles. The van der Waals surface area contributed by atoms with Gasteiger partial charge in [0.1, 0.15) is 5.76 Å². The van der Waals surface area contributed by atoms with Crippen molar-refractivity contribution in [2.24, 2.45) is 0 Å². The van der Waals surface area contributed by atoms with E-state index in [1.54, 1.807) is 0 Å². The Balaban J connectivity index is 2.38. The lowest BCUT2D eigenvalue weighted by Gasteiger charge is -1.94. The fourth-order valence-corrected chi connectivity index (χ4v) is 0.861. The number of carbonyl (C=O) groups excluding carboxylic acids is 1. The van der Waals surface area contributed by atoms with E-state index in [0.29, 0.717) is 12.8 Å². The van der Waals surface area contributed by atoms with Crippen LogP contribution in [-0.2, 0) is 16.0 Å². The maximum Gasteiger partial charge on any atom is 0.305 e. The van der Waals surface area contributed by atoms with E-state index in [0.717, 1.165) is 11.5 Å². The second-order valence-electron chi connectivity index (χ2n) is 2.51. The summed E-state index contributed by atoms with van der Waals surface area (Å²) in [7, 11) is 1.37. The number of carbonyl (C=O) groups is 1. The first-order valence-corrected chi connectivity index (χ1v) is 3.71. The van der Waals surface area contributed by atoms with Crippen molar-refractivity contribution in [1.82, 2.24) is 5.16 Å². The molecule has 4 nitrogen and oxygen atoms in total. The van der Waals surface area contributed by atoms with Gasteiger partial charge in [-0.15, -0.1) is 0 Å². The first-order valence-electron chi connectivity index (χ1n) is 3.71. The third-order valence-electron chi connectivity index (χ3n) is 1.48. The van der Waals surface area contributed by atoms with Crippen molar-refractivity contribution < 1.29 is 14.1 Å².